The number of phenolic OH excluding ortho intramolecular Hbond substituents is 1. The van der Waals surface area contributed by atoms with E-state index < -0.39 is 0 Å². The fourth-order valence-corrected chi connectivity index (χ4v) is 1.77. The number of anilines is 1. The van der Waals surface area contributed by atoms with Crippen LogP contribution in [-0.2, 0) is 4.79 Å². The van der Waals surface area contributed by atoms with E-state index >= 15 is 0 Å². The highest BCUT2D eigenvalue weighted by Gasteiger charge is 2.09. The molecule has 1 unspecified atom stereocenters. The van der Waals surface area contributed by atoms with E-state index in [9.17, 15) is 9.90 Å². The smallest absolute Gasteiger partial charge is 0.224 e. The summed E-state index contributed by atoms with van der Waals surface area (Å²) in [6, 6.07) is 3.73. The first-order chi connectivity index (χ1) is 8.41. The first-order valence-corrected chi connectivity index (χ1v) is 6.26. The third kappa shape index (κ3) is 4.04. The van der Waals surface area contributed by atoms with Gasteiger partial charge in [0.05, 0.1) is 0 Å². The summed E-state index contributed by atoms with van der Waals surface area (Å²) in [5.74, 6) is 0.199. The average Bonchev–Trinajstić information content (AvgIpc) is 2.29. The molecule has 0 aliphatic rings. The van der Waals surface area contributed by atoms with Crippen molar-refractivity contribution in [2.75, 3.05) is 5.32 Å². The Morgan fingerprint density at radius 3 is 2.72 bits per heavy atom. The molecule has 0 spiro atoms. The van der Waals surface area contributed by atoms with Crippen LogP contribution >= 0.6 is 0 Å². The number of phenols is 1. The fraction of sp³-hybridized carbons (Fsp3) is 0.500. The van der Waals surface area contributed by atoms with Crippen molar-refractivity contribution in [2.24, 2.45) is 5.73 Å². The maximum atomic E-state index is 11.7. The topological polar surface area (TPSA) is 75.4 Å². The van der Waals surface area contributed by atoms with Gasteiger partial charge >= 0.3 is 0 Å². The van der Waals surface area contributed by atoms with Gasteiger partial charge < -0.3 is 16.2 Å². The largest absolute Gasteiger partial charge is 0.507 e. The zero-order valence-corrected chi connectivity index (χ0v) is 11.3. The fourth-order valence-electron chi connectivity index (χ4n) is 1.77. The zero-order valence-electron chi connectivity index (χ0n) is 11.3. The second-order valence-electron chi connectivity index (χ2n) is 4.82. The number of aryl methyl sites for hydroxylation is 1. The molecule has 4 nitrogen and oxygen atoms in total. The van der Waals surface area contributed by atoms with Gasteiger partial charge in [0.25, 0.3) is 0 Å². The average molecular weight is 250 g/mol. The van der Waals surface area contributed by atoms with Gasteiger partial charge in [0.15, 0.2) is 0 Å². The summed E-state index contributed by atoms with van der Waals surface area (Å²) < 4.78 is 0. The molecule has 0 saturated heterocycles. The molecule has 1 aromatic rings. The highest BCUT2D eigenvalue weighted by Crippen LogP contribution is 2.28. The van der Waals surface area contributed by atoms with Crippen molar-refractivity contribution in [1.29, 1.82) is 0 Å². The highest BCUT2D eigenvalue weighted by molar-refractivity contribution is 5.91. The Morgan fingerprint density at radius 2 is 2.11 bits per heavy atom. The van der Waals surface area contributed by atoms with Gasteiger partial charge in [-0.2, -0.15) is 0 Å². The highest BCUT2D eigenvalue weighted by atomic mass is 16.3. The lowest BCUT2D eigenvalue weighted by atomic mass is 10.1. The van der Waals surface area contributed by atoms with E-state index in [1.807, 2.05) is 19.9 Å². The second kappa shape index (κ2) is 6.40. The molecule has 1 atom stereocenters. The maximum Gasteiger partial charge on any atom is 0.224 e. The molecule has 0 fully saturated rings. The van der Waals surface area contributed by atoms with Gasteiger partial charge in [0, 0.05) is 23.7 Å². The molecule has 1 amide bonds. The van der Waals surface area contributed by atoms with Gasteiger partial charge in [0.1, 0.15) is 5.75 Å². The molecule has 1 rings (SSSR count). The van der Waals surface area contributed by atoms with Gasteiger partial charge in [0.2, 0.25) is 5.91 Å². The van der Waals surface area contributed by atoms with Gasteiger partial charge in [-0.15, -0.1) is 0 Å². The Bertz CT molecular complexity index is 428. The number of carbonyl (C=O) groups is 1. The van der Waals surface area contributed by atoms with Gasteiger partial charge in [-0.25, -0.2) is 0 Å². The predicted molar refractivity (Wildman–Crippen MR) is 73.7 cm³/mol. The molecule has 4 heteroatoms. The van der Waals surface area contributed by atoms with Crippen molar-refractivity contribution in [3.8, 4) is 5.75 Å². The van der Waals surface area contributed by atoms with Crippen LogP contribution in [0.15, 0.2) is 12.1 Å². The minimum absolute atomic E-state index is 0.0398. The van der Waals surface area contributed by atoms with Crippen molar-refractivity contribution < 1.29 is 9.90 Å². The van der Waals surface area contributed by atoms with Crippen LogP contribution in [0.5, 0.6) is 5.75 Å². The van der Waals surface area contributed by atoms with Crippen LogP contribution in [0.25, 0.3) is 0 Å². The number of hydrogen-bond acceptors (Lipinski definition) is 3. The predicted octanol–water partition coefficient (Wildman–Crippen LogP) is 2.47. The summed E-state index contributed by atoms with van der Waals surface area (Å²) in [6.45, 7) is 5.55. The van der Waals surface area contributed by atoms with Crippen molar-refractivity contribution >= 4 is 11.6 Å². The molecular weight excluding hydrogens is 228 g/mol. The first kappa shape index (κ1) is 14.5. The normalized spacial score (nSPS) is 12.2. The Labute approximate surface area is 108 Å². The molecule has 4 N–H and O–H groups in total. The van der Waals surface area contributed by atoms with E-state index in [4.69, 9.17) is 5.73 Å². The number of nitrogens with one attached hydrogen (secondary N) is 1. The van der Waals surface area contributed by atoms with E-state index in [-0.39, 0.29) is 17.7 Å². The quantitative estimate of drug-likeness (QED) is 0.751. The standard InChI is InChI=1S/C14H22N2O2/c1-9-7-8-12(11(3)14(9)18)16-13(17)6-4-5-10(2)15/h7-8,10,18H,4-6,15H2,1-3H3,(H,16,17). The summed E-state index contributed by atoms with van der Waals surface area (Å²) in [5.41, 5.74) is 7.81. The van der Waals surface area contributed by atoms with Crippen LogP contribution < -0.4 is 11.1 Å². The lowest BCUT2D eigenvalue weighted by molar-refractivity contribution is -0.116. The van der Waals surface area contributed by atoms with Crippen LogP contribution in [0, 0.1) is 13.8 Å². The Kier molecular flexibility index (Phi) is 5.16. The minimum atomic E-state index is -0.0398. The molecule has 0 aromatic heterocycles. The lowest BCUT2D eigenvalue weighted by Crippen LogP contribution is -2.17. The van der Waals surface area contributed by atoms with E-state index in [1.54, 1.807) is 13.0 Å². The maximum absolute atomic E-state index is 11.7. The van der Waals surface area contributed by atoms with E-state index in [1.165, 1.54) is 0 Å². The molecule has 18 heavy (non-hydrogen) atoms. The number of benzene rings is 1. The number of rotatable bonds is 5. The molecule has 0 heterocycles. The molecule has 0 aliphatic heterocycles. The molecule has 100 valence electrons. The molecule has 0 radical (unpaired) electrons. The van der Waals surface area contributed by atoms with Crippen molar-refractivity contribution in [1.82, 2.24) is 0 Å². The van der Waals surface area contributed by atoms with Crippen LogP contribution in [0.3, 0.4) is 0 Å². The number of amides is 1. The number of carbonyl (C=O) groups excluding carboxylic acids is 1. The molecule has 1 aromatic carbocycles. The summed E-state index contributed by atoms with van der Waals surface area (Å²) in [5, 5.41) is 12.6. The number of hydrogen-bond donors (Lipinski definition) is 3. The monoisotopic (exact) mass is 250 g/mol. The molecule has 0 bridgehead atoms. The van der Waals surface area contributed by atoms with E-state index in [2.05, 4.69) is 5.32 Å². The summed E-state index contributed by atoms with van der Waals surface area (Å²) in [7, 11) is 0. The Balaban J connectivity index is 2.57. The Hall–Kier alpha value is -1.55. The molecular formula is C14H22N2O2. The van der Waals surface area contributed by atoms with Crippen LogP contribution in [-0.4, -0.2) is 17.1 Å². The third-order valence-electron chi connectivity index (χ3n) is 2.97. The second-order valence-corrected chi connectivity index (χ2v) is 4.82. The first-order valence-electron chi connectivity index (χ1n) is 6.26. The minimum Gasteiger partial charge on any atom is -0.507 e. The van der Waals surface area contributed by atoms with Crippen molar-refractivity contribution in [2.45, 2.75) is 46.1 Å². The van der Waals surface area contributed by atoms with Crippen LogP contribution in [0.4, 0.5) is 5.69 Å². The third-order valence-corrected chi connectivity index (χ3v) is 2.97. The molecule has 0 aliphatic carbocycles. The number of nitrogens with two attached hydrogens (primary N) is 1. The lowest BCUT2D eigenvalue weighted by Gasteiger charge is -2.11. The SMILES string of the molecule is Cc1ccc(NC(=O)CCCC(C)N)c(C)c1O. The zero-order chi connectivity index (χ0) is 13.7. The summed E-state index contributed by atoms with van der Waals surface area (Å²) >= 11 is 0. The van der Waals surface area contributed by atoms with E-state index in [0.717, 1.165) is 18.4 Å². The Morgan fingerprint density at radius 1 is 1.44 bits per heavy atom. The van der Waals surface area contributed by atoms with Gasteiger partial charge in [-0.05, 0) is 45.2 Å². The summed E-state index contributed by atoms with van der Waals surface area (Å²) in [6.07, 6.45) is 2.07. The van der Waals surface area contributed by atoms with Crippen molar-refractivity contribution in [3.05, 3.63) is 23.3 Å². The van der Waals surface area contributed by atoms with Crippen LogP contribution in [0.2, 0.25) is 0 Å². The molecule has 0 saturated carbocycles. The van der Waals surface area contributed by atoms with E-state index in [0.29, 0.717) is 17.7 Å². The van der Waals surface area contributed by atoms with Gasteiger partial charge in [-0.1, -0.05) is 6.07 Å². The van der Waals surface area contributed by atoms with Crippen molar-refractivity contribution in [3.63, 3.8) is 0 Å². The number of aromatic hydroxyl groups is 1. The summed E-state index contributed by atoms with van der Waals surface area (Å²) in [4.78, 5) is 11.7. The van der Waals surface area contributed by atoms with Crippen LogP contribution in [0.1, 0.15) is 37.3 Å². The van der Waals surface area contributed by atoms with Gasteiger partial charge in [-0.3, -0.25) is 4.79 Å².